The lowest BCUT2D eigenvalue weighted by atomic mass is 10.3. The van der Waals surface area contributed by atoms with Crippen molar-refractivity contribution in [1.29, 1.82) is 0 Å². The van der Waals surface area contributed by atoms with Crippen molar-refractivity contribution in [3.8, 4) is 0 Å². The smallest absolute Gasteiger partial charge is 0.169 e. The predicted octanol–water partition coefficient (Wildman–Crippen LogP) is -0.202. The van der Waals surface area contributed by atoms with Crippen molar-refractivity contribution in [2.24, 2.45) is 0 Å². The quantitative estimate of drug-likeness (QED) is 0.378. The molecular weight excluding hydrogens is 420 g/mol. The third-order valence-corrected chi connectivity index (χ3v) is 6.72. The summed E-state index contributed by atoms with van der Waals surface area (Å²) in [4.78, 5) is 9.45. The molecule has 0 bridgehead atoms. The van der Waals surface area contributed by atoms with E-state index in [1.807, 2.05) is 0 Å². The summed E-state index contributed by atoms with van der Waals surface area (Å²) < 4.78 is 10.8. The first kappa shape index (κ1) is 23.9. The van der Waals surface area contributed by atoms with Gasteiger partial charge in [-0.25, -0.2) is 0 Å². The normalized spacial score (nSPS) is 21.5. The first-order valence-corrected chi connectivity index (χ1v) is 12.2. The van der Waals surface area contributed by atoms with Crippen LogP contribution in [0.25, 0.3) is 0 Å². The monoisotopic (exact) mass is 458 g/mol. The average Bonchev–Trinajstić information content (AvgIpc) is 2.81. The minimum atomic E-state index is 0.862. The SMILES string of the molecule is S=C(NCCCN1CCOCC1)N1CCN(C(=S)NCCCN2CCOCC2)CC1. The van der Waals surface area contributed by atoms with Crippen molar-refractivity contribution in [2.75, 3.05) is 105 Å². The fourth-order valence-electron chi connectivity index (χ4n) is 3.98. The maximum absolute atomic E-state index is 5.60. The fourth-order valence-corrected chi connectivity index (χ4v) is 4.55. The zero-order valence-corrected chi connectivity index (χ0v) is 19.8. The van der Waals surface area contributed by atoms with Gasteiger partial charge in [-0.2, -0.15) is 0 Å². The van der Waals surface area contributed by atoms with E-state index >= 15 is 0 Å². The number of rotatable bonds is 8. The van der Waals surface area contributed by atoms with Crippen molar-refractivity contribution in [3.05, 3.63) is 0 Å². The molecule has 3 fully saturated rings. The molecule has 0 spiro atoms. The van der Waals surface area contributed by atoms with Gasteiger partial charge in [0.1, 0.15) is 0 Å². The molecule has 0 unspecified atom stereocenters. The molecule has 0 radical (unpaired) electrons. The van der Waals surface area contributed by atoms with Crippen LogP contribution >= 0.6 is 24.4 Å². The van der Waals surface area contributed by atoms with E-state index in [1.54, 1.807) is 0 Å². The molecule has 3 aliphatic rings. The zero-order chi connectivity index (χ0) is 21.0. The van der Waals surface area contributed by atoms with E-state index in [0.29, 0.717) is 0 Å². The van der Waals surface area contributed by atoms with Crippen LogP contribution in [-0.4, -0.2) is 135 Å². The summed E-state index contributed by atoms with van der Waals surface area (Å²) in [5.41, 5.74) is 0. The van der Waals surface area contributed by atoms with Gasteiger partial charge in [0, 0.05) is 65.4 Å². The maximum Gasteiger partial charge on any atom is 0.169 e. The zero-order valence-electron chi connectivity index (χ0n) is 18.1. The van der Waals surface area contributed by atoms with Gasteiger partial charge in [0.15, 0.2) is 10.2 Å². The second-order valence-corrected chi connectivity index (χ2v) is 8.83. The summed E-state index contributed by atoms with van der Waals surface area (Å²) in [7, 11) is 0. The molecule has 0 saturated carbocycles. The van der Waals surface area contributed by atoms with Crippen LogP contribution in [0, 0.1) is 0 Å². The van der Waals surface area contributed by atoms with E-state index in [9.17, 15) is 0 Å². The number of ether oxygens (including phenoxy) is 2. The Morgan fingerprint density at radius 1 is 0.600 bits per heavy atom. The number of piperazine rings is 1. The summed E-state index contributed by atoms with van der Waals surface area (Å²) in [5, 5.41) is 8.61. The lowest BCUT2D eigenvalue weighted by molar-refractivity contribution is 0.0375. The summed E-state index contributed by atoms with van der Waals surface area (Å²) in [5.74, 6) is 0. The third-order valence-electron chi connectivity index (χ3n) is 5.92. The molecule has 30 heavy (non-hydrogen) atoms. The van der Waals surface area contributed by atoms with Gasteiger partial charge in [-0.3, -0.25) is 9.80 Å². The lowest BCUT2D eigenvalue weighted by Crippen LogP contribution is -2.55. The lowest BCUT2D eigenvalue weighted by Gasteiger charge is -2.37. The van der Waals surface area contributed by atoms with E-state index < -0.39 is 0 Å². The van der Waals surface area contributed by atoms with Gasteiger partial charge in [-0.1, -0.05) is 0 Å². The number of thiocarbonyl (C=S) groups is 2. The van der Waals surface area contributed by atoms with Gasteiger partial charge in [0.05, 0.1) is 26.4 Å². The second-order valence-electron chi connectivity index (χ2n) is 8.05. The number of hydrogen-bond donors (Lipinski definition) is 2. The third kappa shape index (κ3) is 8.39. The van der Waals surface area contributed by atoms with Gasteiger partial charge in [0.2, 0.25) is 0 Å². The van der Waals surface area contributed by atoms with E-state index in [4.69, 9.17) is 33.9 Å². The van der Waals surface area contributed by atoms with E-state index in [-0.39, 0.29) is 0 Å². The van der Waals surface area contributed by atoms with Crippen molar-refractivity contribution in [2.45, 2.75) is 12.8 Å². The number of morpholine rings is 2. The predicted molar refractivity (Wildman–Crippen MR) is 128 cm³/mol. The molecule has 0 aromatic carbocycles. The van der Waals surface area contributed by atoms with Gasteiger partial charge >= 0.3 is 0 Å². The van der Waals surface area contributed by atoms with Gasteiger partial charge in [-0.05, 0) is 50.4 Å². The van der Waals surface area contributed by atoms with Crippen LogP contribution in [0.3, 0.4) is 0 Å². The van der Waals surface area contributed by atoms with Crippen molar-refractivity contribution in [3.63, 3.8) is 0 Å². The molecule has 3 heterocycles. The largest absolute Gasteiger partial charge is 0.379 e. The summed E-state index contributed by atoms with van der Waals surface area (Å²) in [6.07, 6.45) is 2.22. The molecule has 0 aromatic rings. The highest BCUT2D eigenvalue weighted by Gasteiger charge is 2.20. The van der Waals surface area contributed by atoms with E-state index in [0.717, 1.165) is 128 Å². The van der Waals surface area contributed by atoms with E-state index in [1.165, 1.54) is 0 Å². The molecule has 2 N–H and O–H groups in total. The molecule has 0 aromatic heterocycles. The highest BCUT2D eigenvalue weighted by Crippen LogP contribution is 2.04. The molecule has 3 aliphatic heterocycles. The molecule has 3 saturated heterocycles. The van der Waals surface area contributed by atoms with Crippen LogP contribution in [0.4, 0.5) is 0 Å². The fraction of sp³-hybridized carbons (Fsp3) is 0.900. The highest BCUT2D eigenvalue weighted by atomic mass is 32.1. The van der Waals surface area contributed by atoms with Gasteiger partial charge in [-0.15, -0.1) is 0 Å². The molecule has 0 aliphatic carbocycles. The Balaban J connectivity index is 1.21. The molecule has 0 atom stereocenters. The van der Waals surface area contributed by atoms with Crippen LogP contribution in [0.5, 0.6) is 0 Å². The van der Waals surface area contributed by atoms with Crippen molar-refractivity contribution in [1.82, 2.24) is 30.2 Å². The van der Waals surface area contributed by atoms with Crippen LogP contribution in [0.1, 0.15) is 12.8 Å². The number of nitrogens with one attached hydrogen (secondary N) is 2. The van der Waals surface area contributed by atoms with E-state index in [2.05, 4.69) is 30.2 Å². The first-order valence-electron chi connectivity index (χ1n) is 11.4. The Hall–Kier alpha value is -0.780. The number of hydrogen-bond acceptors (Lipinski definition) is 6. The Morgan fingerprint density at radius 3 is 1.33 bits per heavy atom. The van der Waals surface area contributed by atoms with Gasteiger partial charge < -0.3 is 29.9 Å². The first-order chi connectivity index (χ1) is 14.7. The second kappa shape index (κ2) is 13.6. The Kier molecular flexibility index (Phi) is 10.8. The summed E-state index contributed by atoms with van der Waals surface area (Å²) >= 11 is 11.2. The standard InChI is InChI=1S/C20H38N6O2S2/c29-19(21-3-1-5-23-11-15-27-16-12-23)25-7-9-26(10-8-25)20(30)22-4-2-6-24-13-17-28-18-14-24/h1-18H2,(H,21,29)(H,22,30). The minimum absolute atomic E-state index is 0.862. The molecular formula is C20H38N6O2S2. The van der Waals surface area contributed by atoms with Crippen LogP contribution in [-0.2, 0) is 9.47 Å². The summed E-state index contributed by atoms with van der Waals surface area (Å²) in [6.45, 7) is 15.4. The summed E-state index contributed by atoms with van der Waals surface area (Å²) in [6, 6.07) is 0. The molecule has 0 amide bonds. The molecule has 3 rings (SSSR count). The Labute approximate surface area is 192 Å². The van der Waals surface area contributed by atoms with Crippen molar-refractivity contribution < 1.29 is 9.47 Å². The highest BCUT2D eigenvalue weighted by molar-refractivity contribution is 7.80. The van der Waals surface area contributed by atoms with Gasteiger partial charge in [0.25, 0.3) is 0 Å². The minimum Gasteiger partial charge on any atom is -0.379 e. The van der Waals surface area contributed by atoms with Crippen molar-refractivity contribution >= 4 is 34.7 Å². The topological polar surface area (TPSA) is 55.5 Å². The van der Waals surface area contributed by atoms with Crippen LogP contribution in [0.15, 0.2) is 0 Å². The maximum atomic E-state index is 5.60. The molecule has 8 nitrogen and oxygen atoms in total. The molecule has 10 heteroatoms. The molecule has 172 valence electrons. The van der Waals surface area contributed by atoms with Crippen LogP contribution in [0.2, 0.25) is 0 Å². The average molecular weight is 459 g/mol. The Bertz CT molecular complexity index is 475. The Morgan fingerprint density at radius 2 is 0.967 bits per heavy atom. The number of nitrogens with zero attached hydrogens (tertiary/aromatic N) is 4. The van der Waals surface area contributed by atoms with Crippen LogP contribution < -0.4 is 10.6 Å².